The van der Waals surface area contributed by atoms with Crippen LogP contribution in [-0.2, 0) is 16.0 Å². The van der Waals surface area contributed by atoms with Crippen molar-refractivity contribution in [3.8, 4) is 5.75 Å². The number of aliphatic carboxylic acids is 1. The van der Waals surface area contributed by atoms with Gasteiger partial charge in [-0.2, -0.15) is 0 Å². The highest BCUT2D eigenvalue weighted by molar-refractivity contribution is 5.87. The van der Waals surface area contributed by atoms with Crippen LogP contribution in [-0.4, -0.2) is 41.1 Å². The van der Waals surface area contributed by atoms with Crippen molar-refractivity contribution in [2.45, 2.75) is 71.8 Å². The largest absolute Gasteiger partial charge is 0.483 e. The number of carbonyl (C=O) groups excluding carboxylic acids is 1. The number of carbonyl (C=O) groups is 2. The maximum atomic E-state index is 12.6. The van der Waals surface area contributed by atoms with E-state index in [9.17, 15) is 19.5 Å². The van der Waals surface area contributed by atoms with Gasteiger partial charge in [0.2, 0.25) is 0 Å². The number of nitrogens with zero attached hydrogens (tertiary/aromatic N) is 1. The van der Waals surface area contributed by atoms with E-state index in [0.717, 1.165) is 42.2 Å². The average molecular weight is 430 g/mol. The van der Waals surface area contributed by atoms with E-state index >= 15 is 0 Å². The fraction of sp³-hybridized carbons (Fsp3) is 0.542. The highest BCUT2D eigenvalue weighted by atomic mass is 16.5. The monoisotopic (exact) mass is 429 g/mol. The van der Waals surface area contributed by atoms with Crippen molar-refractivity contribution < 1.29 is 23.8 Å². The molecule has 0 spiro atoms. The quantitative estimate of drug-likeness (QED) is 0.478. The highest BCUT2D eigenvalue weighted by Gasteiger charge is 2.34. The predicted octanol–water partition coefficient (Wildman–Crippen LogP) is 3.99. The van der Waals surface area contributed by atoms with Gasteiger partial charge in [-0.25, -0.2) is 9.59 Å². The number of likely N-dealkylation sites (tertiary alicyclic amines) is 1. The summed E-state index contributed by atoms with van der Waals surface area (Å²) in [5.41, 5.74) is 2.45. The van der Waals surface area contributed by atoms with E-state index in [1.165, 1.54) is 4.90 Å². The number of unbranched alkanes of at least 4 members (excludes halogenated alkanes) is 3. The molecule has 0 radical (unpaired) electrons. The summed E-state index contributed by atoms with van der Waals surface area (Å²) < 4.78 is 11.4. The van der Waals surface area contributed by atoms with Crippen LogP contribution in [0.2, 0.25) is 0 Å². The van der Waals surface area contributed by atoms with Gasteiger partial charge in [-0.05, 0) is 57.2 Å². The highest BCUT2D eigenvalue weighted by Crippen LogP contribution is 2.30. The third-order valence-corrected chi connectivity index (χ3v) is 6.14. The van der Waals surface area contributed by atoms with Crippen molar-refractivity contribution in [2.75, 3.05) is 13.2 Å². The van der Waals surface area contributed by atoms with Crippen LogP contribution >= 0.6 is 0 Å². The van der Waals surface area contributed by atoms with E-state index < -0.39 is 12.0 Å². The van der Waals surface area contributed by atoms with E-state index in [1.807, 2.05) is 13.0 Å². The number of carboxylic acid groups (broad SMARTS) is 1. The molecule has 2 aromatic rings. The minimum absolute atomic E-state index is 0.255. The molecule has 1 fully saturated rings. The lowest BCUT2D eigenvalue weighted by molar-refractivity contribution is -0.148. The SMILES string of the molecule is CCCCCCc1c(C)c2ccc(OCC(=O)N3CCC[C@@H]3C(=O)O)c(C)c2oc1=O. The lowest BCUT2D eigenvalue weighted by Crippen LogP contribution is -2.42. The van der Waals surface area contributed by atoms with Crippen molar-refractivity contribution in [1.82, 2.24) is 4.90 Å². The molecule has 1 aromatic heterocycles. The second kappa shape index (κ2) is 9.98. The number of aryl methyl sites for hydroxylation is 2. The summed E-state index contributed by atoms with van der Waals surface area (Å²) in [6.07, 6.45) is 6.18. The number of ether oxygens (including phenoxy) is 1. The van der Waals surface area contributed by atoms with Crippen LogP contribution in [0.3, 0.4) is 0 Å². The lowest BCUT2D eigenvalue weighted by atomic mass is 9.99. The maximum absolute atomic E-state index is 12.6. The number of rotatable bonds is 9. The molecule has 0 aliphatic carbocycles. The van der Waals surface area contributed by atoms with Crippen LogP contribution in [0.5, 0.6) is 5.75 Å². The van der Waals surface area contributed by atoms with Gasteiger partial charge in [-0.15, -0.1) is 0 Å². The summed E-state index contributed by atoms with van der Waals surface area (Å²) in [4.78, 5) is 37.7. The van der Waals surface area contributed by atoms with Gasteiger partial charge in [0, 0.05) is 23.1 Å². The summed E-state index contributed by atoms with van der Waals surface area (Å²) in [5.74, 6) is -0.898. The molecule has 0 saturated carbocycles. The molecule has 7 nitrogen and oxygen atoms in total. The Morgan fingerprint density at radius 2 is 1.97 bits per heavy atom. The number of amides is 1. The first-order valence-electron chi connectivity index (χ1n) is 11.1. The fourth-order valence-electron chi connectivity index (χ4n) is 4.29. The topological polar surface area (TPSA) is 97.1 Å². The van der Waals surface area contributed by atoms with Crippen LogP contribution < -0.4 is 10.4 Å². The second-order valence-corrected chi connectivity index (χ2v) is 8.24. The number of carboxylic acids is 1. The van der Waals surface area contributed by atoms with Gasteiger partial charge >= 0.3 is 11.6 Å². The zero-order valence-corrected chi connectivity index (χ0v) is 18.5. The van der Waals surface area contributed by atoms with Crippen molar-refractivity contribution >= 4 is 22.8 Å². The standard InChI is InChI=1S/C24H31NO6/c1-4-5-6-7-9-18-15(2)17-11-12-20(16(3)22(17)31-24(18)29)30-14-21(26)25-13-8-10-19(25)23(27)28/h11-12,19H,4-10,13-14H2,1-3H3,(H,27,28)/t19-/m1/s1. The predicted molar refractivity (Wildman–Crippen MR) is 118 cm³/mol. The molecule has 3 rings (SSSR count). The smallest absolute Gasteiger partial charge is 0.339 e. The molecule has 1 N–H and O–H groups in total. The van der Waals surface area contributed by atoms with Gasteiger partial charge in [0.1, 0.15) is 17.4 Å². The fourth-order valence-corrected chi connectivity index (χ4v) is 4.29. The molecule has 1 aromatic carbocycles. The Kier molecular flexibility index (Phi) is 7.36. The minimum atomic E-state index is -0.990. The zero-order chi connectivity index (χ0) is 22.5. The summed E-state index contributed by atoms with van der Waals surface area (Å²) in [6, 6.07) is 2.84. The van der Waals surface area contributed by atoms with Crippen LogP contribution in [0.25, 0.3) is 11.0 Å². The Balaban J connectivity index is 1.77. The molecule has 168 valence electrons. The van der Waals surface area contributed by atoms with Crippen molar-refractivity contribution in [3.05, 3.63) is 39.2 Å². The Labute approximate surface area is 182 Å². The van der Waals surface area contributed by atoms with E-state index in [2.05, 4.69) is 6.92 Å². The van der Waals surface area contributed by atoms with Gasteiger partial charge in [-0.1, -0.05) is 26.2 Å². The second-order valence-electron chi connectivity index (χ2n) is 8.24. The first-order chi connectivity index (χ1) is 14.8. The summed E-state index contributed by atoms with van der Waals surface area (Å²) in [7, 11) is 0. The molecule has 2 heterocycles. The summed E-state index contributed by atoms with van der Waals surface area (Å²) in [5, 5.41) is 10.1. The van der Waals surface area contributed by atoms with Crippen LogP contribution in [0.1, 0.15) is 62.1 Å². The molecule has 1 aliphatic rings. The van der Waals surface area contributed by atoms with E-state index in [1.54, 1.807) is 13.0 Å². The van der Waals surface area contributed by atoms with E-state index in [-0.39, 0.29) is 18.1 Å². The molecular formula is C24H31NO6. The summed E-state index contributed by atoms with van der Waals surface area (Å²) in [6.45, 7) is 6.06. The van der Waals surface area contributed by atoms with Crippen molar-refractivity contribution in [3.63, 3.8) is 0 Å². The normalized spacial score (nSPS) is 16.1. The molecule has 7 heteroatoms. The van der Waals surface area contributed by atoms with Gasteiger partial charge in [-0.3, -0.25) is 4.79 Å². The van der Waals surface area contributed by atoms with Crippen molar-refractivity contribution in [2.24, 2.45) is 0 Å². The Morgan fingerprint density at radius 1 is 1.19 bits per heavy atom. The number of benzene rings is 1. The first-order valence-corrected chi connectivity index (χ1v) is 11.1. The lowest BCUT2D eigenvalue weighted by Gasteiger charge is -2.21. The molecule has 0 bridgehead atoms. The van der Waals surface area contributed by atoms with Gasteiger partial charge in [0.15, 0.2) is 6.61 Å². The van der Waals surface area contributed by atoms with Crippen LogP contribution in [0, 0.1) is 13.8 Å². The molecule has 1 atom stereocenters. The number of hydrogen-bond acceptors (Lipinski definition) is 5. The molecule has 1 aliphatic heterocycles. The number of hydrogen-bond donors (Lipinski definition) is 1. The van der Waals surface area contributed by atoms with Gasteiger partial charge in [0.05, 0.1) is 0 Å². The molecule has 31 heavy (non-hydrogen) atoms. The van der Waals surface area contributed by atoms with E-state index in [4.69, 9.17) is 9.15 Å². The van der Waals surface area contributed by atoms with Crippen LogP contribution in [0.15, 0.2) is 21.3 Å². The Hall–Kier alpha value is -2.83. The molecule has 1 amide bonds. The first kappa shape index (κ1) is 22.8. The number of fused-ring (bicyclic) bond motifs is 1. The zero-order valence-electron chi connectivity index (χ0n) is 18.5. The molecule has 0 unspecified atom stereocenters. The third kappa shape index (κ3) is 4.92. The van der Waals surface area contributed by atoms with Gasteiger partial charge in [0.25, 0.3) is 5.91 Å². The van der Waals surface area contributed by atoms with Crippen molar-refractivity contribution in [1.29, 1.82) is 0 Å². The van der Waals surface area contributed by atoms with Crippen LogP contribution in [0.4, 0.5) is 0 Å². The van der Waals surface area contributed by atoms with E-state index in [0.29, 0.717) is 42.7 Å². The Morgan fingerprint density at radius 3 is 2.68 bits per heavy atom. The maximum Gasteiger partial charge on any atom is 0.339 e. The molecule has 1 saturated heterocycles. The average Bonchev–Trinajstić information content (AvgIpc) is 3.23. The minimum Gasteiger partial charge on any atom is -0.483 e. The summed E-state index contributed by atoms with van der Waals surface area (Å²) >= 11 is 0. The Bertz CT molecular complexity index is 1020. The third-order valence-electron chi connectivity index (χ3n) is 6.14. The molecular weight excluding hydrogens is 398 g/mol. The van der Waals surface area contributed by atoms with Gasteiger partial charge < -0.3 is 19.2 Å².